The van der Waals surface area contributed by atoms with E-state index in [9.17, 15) is 30.0 Å². The van der Waals surface area contributed by atoms with Crippen LogP contribution in [0.2, 0.25) is 0 Å². The Kier molecular flexibility index (Phi) is 5.87. The second kappa shape index (κ2) is 7.97. The van der Waals surface area contributed by atoms with Gasteiger partial charge in [-0.2, -0.15) is 0 Å². The van der Waals surface area contributed by atoms with Gasteiger partial charge in [0.25, 0.3) is 0 Å². The molecule has 1 aromatic rings. The van der Waals surface area contributed by atoms with Crippen LogP contribution in [0.15, 0.2) is 0 Å². The molecule has 0 aromatic heterocycles. The van der Waals surface area contributed by atoms with Gasteiger partial charge in [-0.1, -0.05) is 34.6 Å². The molecule has 6 nitrogen and oxygen atoms in total. The molecule has 0 amide bonds. The lowest BCUT2D eigenvalue weighted by Crippen LogP contribution is -2.50. The number of phenolic OH excluding ortho intramolecular Hbond substituents is 3. The zero-order valence-corrected chi connectivity index (χ0v) is 21.3. The Morgan fingerprint density at radius 3 is 2.00 bits per heavy atom. The van der Waals surface area contributed by atoms with Crippen molar-refractivity contribution in [2.75, 3.05) is 0 Å². The van der Waals surface area contributed by atoms with Crippen molar-refractivity contribution in [2.45, 2.75) is 85.2 Å². The Balaban J connectivity index is 2.09. The molecular weight excluding hydrogens is 432 g/mol. The third-order valence-electron chi connectivity index (χ3n) is 10.1. The van der Waals surface area contributed by atoms with Crippen molar-refractivity contribution in [3.8, 4) is 17.2 Å². The van der Waals surface area contributed by atoms with Crippen LogP contribution >= 0.6 is 0 Å². The smallest absolute Gasteiger partial charge is 0.157 e. The largest absolute Gasteiger partial charge is 0.507 e. The predicted octanol–water partition coefficient (Wildman–Crippen LogP) is 5.41. The van der Waals surface area contributed by atoms with E-state index in [1.54, 1.807) is 0 Å². The second-order valence-electron chi connectivity index (χ2n) is 12.5. The molecule has 3 saturated carbocycles. The van der Waals surface area contributed by atoms with E-state index in [0.717, 1.165) is 19.3 Å². The van der Waals surface area contributed by atoms with E-state index in [2.05, 4.69) is 34.6 Å². The maximum atomic E-state index is 11.9. The van der Waals surface area contributed by atoms with Gasteiger partial charge in [0.05, 0.1) is 16.7 Å². The van der Waals surface area contributed by atoms with E-state index in [1.807, 2.05) is 6.92 Å². The SMILES string of the molecule is CC(C)C[C@H](c1c(O)c(C=O)c(O)c(C=O)c1O)C12C3C(CC[C@@](C)(O)C1CC[C@@H]2C)C3(C)C. The van der Waals surface area contributed by atoms with Gasteiger partial charge in [-0.05, 0) is 85.4 Å². The number of phenols is 3. The summed E-state index contributed by atoms with van der Waals surface area (Å²) in [5, 5.41) is 44.8. The van der Waals surface area contributed by atoms with Gasteiger partial charge >= 0.3 is 0 Å². The van der Waals surface area contributed by atoms with Crippen molar-refractivity contribution < 1.29 is 30.0 Å². The predicted molar refractivity (Wildman–Crippen MR) is 129 cm³/mol. The topological polar surface area (TPSA) is 115 Å². The quantitative estimate of drug-likeness (QED) is 0.412. The van der Waals surface area contributed by atoms with Crippen LogP contribution in [0.1, 0.15) is 106 Å². The average Bonchev–Trinajstić information content (AvgIpc) is 3.15. The molecule has 3 aliphatic carbocycles. The van der Waals surface area contributed by atoms with Gasteiger partial charge in [0.1, 0.15) is 17.2 Å². The summed E-state index contributed by atoms with van der Waals surface area (Å²) >= 11 is 0. The molecule has 3 fully saturated rings. The number of carbonyl (C=O) groups is 2. The molecule has 6 heteroatoms. The number of fused-ring (bicyclic) bond motifs is 3. The Hall–Kier alpha value is -2.08. The Labute approximate surface area is 202 Å². The van der Waals surface area contributed by atoms with Crippen LogP contribution in [-0.2, 0) is 0 Å². The number of hydrogen-bond donors (Lipinski definition) is 4. The minimum absolute atomic E-state index is 0.0473. The van der Waals surface area contributed by atoms with Gasteiger partial charge in [0, 0.05) is 5.56 Å². The van der Waals surface area contributed by atoms with E-state index < -0.39 is 34.2 Å². The van der Waals surface area contributed by atoms with Gasteiger partial charge in [-0.3, -0.25) is 9.59 Å². The van der Waals surface area contributed by atoms with Crippen LogP contribution in [0.4, 0.5) is 0 Å². The van der Waals surface area contributed by atoms with E-state index in [-0.39, 0.29) is 45.8 Å². The lowest BCUT2D eigenvalue weighted by atomic mass is 9.53. The number of hydrogen-bond acceptors (Lipinski definition) is 6. The fraction of sp³-hybridized carbons (Fsp3) is 0.714. The highest BCUT2D eigenvalue weighted by Gasteiger charge is 2.75. The Bertz CT molecular complexity index is 974. The number of aromatic hydroxyl groups is 3. The number of rotatable bonds is 6. The average molecular weight is 473 g/mol. The number of carbonyl (C=O) groups excluding carboxylic acids is 2. The van der Waals surface area contributed by atoms with Gasteiger partial charge in [0.2, 0.25) is 0 Å². The Morgan fingerprint density at radius 2 is 1.50 bits per heavy atom. The molecule has 4 N–H and O–H groups in total. The highest BCUT2D eigenvalue weighted by Crippen LogP contribution is 2.80. The summed E-state index contributed by atoms with van der Waals surface area (Å²) in [5.74, 6) is -0.976. The molecule has 0 spiro atoms. The van der Waals surface area contributed by atoms with Crippen molar-refractivity contribution in [1.29, 1.82) is 0 Å². The summed E-state index contributed by atoms with van der Waals surface area (Å²) in [6.45, 7) is 12.9. The van der Waals surface area contributed by atoms with Gasteiger partial charge in [-0.15, -0.1) is 0 Å². The molecule has 188 valence electrons. The lowest BCUT2D eigenvalue weighted by Gasteiger charge is -2.52. The molecule has 4 rings (SSSR count). The molecule has 0 aliphatic heterocycles. The van der Waals surface area contributed by atoms with Crippen LogP contribution < -0.4 is 0 Å². The normalized spacial score (nSPS) is 36.9. The molecular formula is C28H40O6. The van der Waals surface area contributed by atoms with Gasteiger partial charge < -0.3 is 20.4 Å². The van der Waals surface area contributed by atoms with E-state index in [1.165, 1.54) is 0 Å². The lowest BCUT2D eigenvalue weighted by molar-refractivity contribution is -0.0871. The van der Waals surface area contributed by atoms with Crippen LogP contribution in [0.3, 0.4) is 0 Å². The first-order chi connectivity index (χ1) is 15.8. The minimum atomic E-state index is -0.896. The van der Waals surface area contributed by atoms with E-state index in [0.29, 0.717) is 31.3 Å². The fourth-order valence-electron chi connectivity index (χ4n) is 8.70. The van der Waals surface area contributed by atoms with Crippen molar-refractivity contribution >= 4 is 12.6 Å². The highest BCUT2D eigenvalue weighted by molar-refractivity contribution is 5.95. The maximum Gasteiger partial charge on any atom is 0.157 e. The summed E-state index contributed by atoms with van der Waals surface area (Å²) in [4.78, 5) is 23.7. The van der Waals surface area contributed by atoms with E-state index >= 15 is 0 Å². The minimum Gasteiger partial charge on any atom is -0.507 e. The Morgan fingerprint density at radius 1 is 0.941 bits per heavy atom. The van der Waals surface area contributed by atoms with Crippen LogP contribution in [-0.4, -0.2) is 38.6 Å². The number of aldehydes is 2. The summed E-state index contributed by atoms with van der Waals surface area (Å²) in [6, 6.07) is 0. The van der Waals surface area contributed by atoms with Gasteiger partial charge in [0.15, 0.2) is 12.6 Å². The molecule has 0 radical (unpaired) electrons. The first-order valence-corrected chi connectivity index (χ1v) is 12.7. The summed E-state index contributed by atoms with van der Waals surface area (Å²) in [6.07, 6.45) is 4.70. The highest BCUT2D eigenvalue weighted by atomic mass is 16.3. The van der Waals surface area contributed by atoms with Crippen LogP contribution in [0.5, 0.6) is 17.2 Å². The molecule has 7 atom stereocenters. The van der Waals surface area contributed by atoms with Crippen LogP contribution in [0, 0.1) is 40.4 Å². The molecule has 3 aliphatic rings. The maximum absolute atomic E-state index is 11.9. The second-order valence-corrected chi connectivity index (χ2v) is 12.5. The van der Waals surface area contributed by atoms with Gasteiger partial charge in [-0.25, -0.2) is 0 Å². The summed E-state index contributed by atoms with van der Waals surface area (Å²) in [7, 11) is 0. The molecule has 34 heavy (non-hydrogen) atoms. The first kappa shape index (κ1) is 25.0. The number of aliphatic hydroxyl groups is 1. The third-order valence-corrected chi connectivity index (χ3v) is 10.1. The molecule has 1 aromatic carbocycles. The van der Waals surface area contributed by atoms with Crippen molar-refractivity contribution in [2.24, 2.45) is 40.4 Å². The van der Waals surface area contributed by atoms with Crippen molar-refractivity contribution in [1.82, 2.24) is 0 Å². The fourth-order valence-corrected chi connectivity index (χ4v) is 8.70. The zero-order chi connectivity index (χ0) is 25.4. The standard InChI is InChI=1S/C28H40O6/c1-14(2)11-19(21-23(32)16(12-29)22(31)17(13-30)24(21)33)28-15(3)7-8-20(28)27(6,34)10-9-18-25(28)26(18,4)5/h12-15,18-20,25,31-34H,7-11H2,1-6H3/t15-,18?,19+,20?,25?,27+,28?/m0/s1. The van der Waals surface area contributed by atoms with Crippen LogP contribution in [0.25, 0.3) is 0 Å². The molecule has 4 unspecified atom stereocenters. The molecule has 0 saturated heterocycles. The number of benzene rings is 1. The molecule has 0 bridgehead atoms. The van der Waals surface area contributed by atoms with E-state index in [4.69, 9.17) is 0 Å². The summed E-state index contributed by atoms with van der Waals surface area (Å²) in [5.41, 5.74) is -1.85. The summed E-state index contributed by atoms with van der Waals surface area (Å²) < 4.78 is 0. The van der Waals surface area contributed by atoms with Crippen molar-refractivity contribution in [3.63, 3.8) is 0 Å². The van der Waals surface area contributed by atoms with Crippen molar-refractivity contribution in [3.05, 3.63) is 16.7 Å². The molecule has 0 heterocycles. The monoisotopic (exact) mass is 472 g/mol. The zero-order valence-electron chi connectivity index (χ0n) is 21.3. The third kappa shape index (κ3) is 3.16. The first-order valence-electron chi connectivity index (χ1n) is 12.7.